The smallest absolute Gasteiger partial charge is 0.143 e. The number of aromatic nitrogens is 1. The largest absolute Gasteiger partial charge is 0.489 e. The SMILES string of the molecule is CC(C)Oc1cccnc1CO. The van der Waals surface area contributed by atoms with Gasteiger partial charge in [0, 0.05) is 6.20 Å². The molecule has 0 saturated heterocycles. The zero-order valence-corrected chi connectivity index (χ0v) is 7.32. The minimum absolute atomic E-state index is 0.0805. The van der Waals surface area contributed by atoms with Gasteiger partial charge in [-0.2, -0.15) is 0 Å². The van der Waals surface area contributed by atoms with Crippen LogP contribution in [0.2, 0.25) is 0 Å². The highest BCUT2D eigenvalue weighted by Crippen LogP contribution is 2.16. The highest BCUT2D eigenvalue weighted by molar-refractivity contribution is 5.26. The van der Waals surface area contributed by atoms with Crippen molar-refractivity contribution in [2.45, 2.75) is 26.6 Å². The molecule has 66 valence electrons. The second-order valence-electron chi connectivity index (χ2n) is 2.77. The van der Waals surface area contributed by atoms with Crippen LogP contribution in [0.5, 0.6) is 5.75 Å². The Labute approximate surface area is 72.0 Å². The third-order valence-corrected chi connectivity index (χ3v) is 1.36. The van der Waals surface area contributed by atoms with Crippen molar-refractivity contribution in [2.24, 2.45) is 0 Å². The Kier molecular flexibility index (Phi) is 3.05. The highest BCUT2D eigenvalue weighted by atomic mass is 16.5. The standard InChI is InChI=1S/C9H13NO2/c1-7(2)12-9-4-3-5-10-8(9)6-11/h3-5,7,11H,6H2,1-2H3. The molecule has 0 spiro atoms. The fourth-order valence-corrected chi connectivity index (χ4v) is 0.903. The number of nitrogens with zero attached hydrogens (tertiary/aromatic N) is 1. The van der Waals surface area contributed by atoms with Gasteiger partial charge in [-0.05, 0) is 26.0 Å². The molecule has 0 aromatic carbocycles. The topological polar surface area (TPSA) is 42.4 Å². The maximum Gasteiger partial charge on any atom is 0.143 e. The first kappa shape index (κ1) is 9.00. The van der Waals surface area contributed by atoms with Gasteiger partial charge in [0.25, 0.3) is 0 Å². The number of hydrogen-bond donors (Lipinski definition) is 1. The number of ether oxygens (including phenoxy) is 1. The molecule has 0 unspecified atom stereocenters. The molecule has 1 heterocycles. The summed E-state index contributed by atoms with van der Waals surface area (Å²) in [4.78, 5) is 3.98. The van der Waals surface area contributed by atoms with Gasteiger partial charge in [0.15, 0.2) is 0 Å². The van der Waals surface area contributed by atoms with Crippen LogP contribution in [0.3, 0.4) is 0 Å². The van der Waals surface area contributed by atoms with Crippen molar-refractivity contribution in [3.05, 3.63) is 24.0 Å². The fourth-order valence-electron chi connectivity index (χ4n) is 0.903. The lowest BCUT2D eigenvalue weighted by molar-refractivity contribution is 0.222. The first-order valence-electron chi connectivity index (χ1n) is 3.95. The average Bonchev–Trinajstić information content (AvgIpc) is 2.04. The van der Waals surface area contributed by atoms with E-state index in [1.807, 2.05) is 13.8 Å². The van der Waals surface area contributed by atoms with Crippen molar-refractivity contribution in [3.63, 3.8) is 0 Å². The van der Waals surface area contributed by atoms with E-state index >= 15 is 0 Å². The Morgan fingerprint density at radius 1 is 1.58 bits per heavy atom. The Morgan fingerprint density at radius 2 is 2.33 bits per heavy atom. The van der Waals surface area contributed by atoms with Gasteiger partial charge in [-0.25, -0.2) is 0 Å². The second kappa shape index (κ2) is 4.07. The van der Waals surface area contributed by atoms with Crippen molar-refractivity contribution in [1.29, 1.82) is 0 Å². The summed E-state index contributed by atoms with van der Waals surface area (Å²) in [5.41, 5.74) is 0.589. The summed E-state index contributed by atoms with van der Waals surface area (Å²) in [6, 6.07) is 3.59. The maximum atomic E-state index is 8.89. The summed E-state index contributed by atoms with van der Waals surface area (Å²) in [5, 5.41) is 8.89. The number of aliphatic hydroxyl groups excluding tert-OH is 1. The molecule has 0 saturated carbocycles. The zero-order chi connectivity index (χ0) is 8.97. The Hall–Kier alpha value is -1.09. The summed E-state index contributed by atoms with van der Waals surface area (Å²) in [7, 11) is 0. The summed E-state index contributed by atoms with van der Waals surface area (Å²) in [5.74, 6) is 0.662. The van der Waals surface area contributed by atoms with Crippen molar-refractivity contribution < 1.29 is 9.84 Å². The molecule has 1 rings (SSSR count). The van der Waals surface area contributed by atoms with Gasteiger partial charge in [-0.1, -0.05) is 0 Å². The van der Waals surface area contributed by atoms with Crippen molar-refractivity contribution in [2.75, 3.05) is 0 Å². The van der Waals surface area contributed by atoms with Crippen LogP contribution in [-0.2, 0) is 6.61 Å². The molecule has 0 bridgehead atoms. The lowest BCUT2D eigenvalue weighted by atomic mass is 10.3. The molecule has 1 N–H and O–H groups in total. The fraction of sp³-hybridized carbons (Fsp3) is 0.444. The van der Waals surface area contributed by atoms with Crippen LogP contribution in [0.25, 0.3) is 0 Å². The molecule has 3 heteroatoms. The van der Waals surface area contributed by atoms with E-state index in [9.17, 15) is 0 Å². The lowest BCUT2D eigenvalue weighted by Crippen LogP contribution is -2.08. The van der Waals surface area contributed by atoms with Crippen molar-refractivity contribution >= 4 is 0 Å². The van der Waals surface area contributed by atoms with E-state index in [1.54, 1.807) is 18.3 Å². The minimum atomic E-state index is -0.0805. The molecule has 0 aliphatic rings. The minimum Gasteiger partial charge on any atom is -0.489 e. The Morgan fingerprint density at radius 3 is 2.92 bits per heavy atom. The molecule has 1 aromatic rings. The molecular formula is C9H13NO2. The van der Waals surface area contributed by atoms with Gasteiger partial charge in [0.05, 0.1) is 12.7 Å². The van der Waals surface area contributed by atoms with Crippen molar-refractivity contribution in [1.82, 2.24) is 4.98 Å². The molecule has 3 nitrogen and oxygen atoms in total. The third-order valence-electron chi connectivity index (χ3n) is 1.36. The molecule has 0 amide bonds. The maximum absolute atomic E-state index is 8.89. The monoisotopic (exact) mass is 167 g/mol. The zero-order valence-electron chi connectivity index (χ0n) is 7.32. The van der Waals surface area contributed by atoms with Crippen LogP contribution in [0.15, 0.2) is 18.3 Å². The second-order valence-corrected chi connectivity index (χ2v) is 2.77. The normalized spacial score (nSPS) is 10.3. The van der Waals surface area contributed by atoms with E-state index < -0.39 is 0 Å². The van der Waals surface area contributed by atoms with Crippen LogP contribution in [0.1, 0.15) is 19.5 Å². The predicted octanol–water partition coefficient (Wildman–Crippen LogP) is 1.36. The third kappa shape index (κ3) is 2.20. The van der Waals surface area contributed by atoms with Crippen LogP contribution in [0.4, 0.5) is 0 Å². The molecular weight excluding hydrogens is 154 g/mol. The summed E-state index contributed by atoms with van der Waals surface area (Å²) in [6.07, 6.45) is 1.75. The van der Waals surface area contributed by atoms with Crippen LogP contribution in [-0.4, -0.2) is 16.2 Å². The Bertz CT molecular complexity index is 248. The molecule has 1 aromatic heterocycles. The van der Waals surface area contributed by atoms with Gasteiger partial charge in [0.2, 0.25) is 0 Å². The quantitative estimate of drug-likeness (QED) is 0.739. The van der Waals surface area contributed by atoms with E-state index in [0.29, 0.717) is 11.4 Å². The molecule has 0 atom stereocenters. The van der Waals surface area contributed by atoms with Gasteiger partial charge in [-0.3, -0.25) is 4.98 Å². The van der Waals surface area contributed by atoms with Crippen LogP contribution < -0.4 is 4.74 Å². The van der Waals surface area contributed by atoms with E-state index in [2.05, 4.69) is 4.98 Å². The van der Waals surface area contributed by atoms with E-state index in [1.165, 1.54) is 0 Å². The van der Waals surface area contributed by atoms with Gasteiger partial charge in [-0.15, -0.1) is 0 Å². The molecule has 0 aliphatic carbocycles. The molecule has 0 aliphatic heterocycles. The predicted molar refractivity (Wildman–Crippen MR) is 45.9 cm³/mol. The first-order chi connectivity index (χ1) is 5.74. The average molecular weight is 167 g/mol. The molecule has 0 radical (unpaired) electrons. The summed E-state index contributed by atoms with van der Waals surface area (Å²) in [6.45, 7) is 3.80. The van der Waals surface area contributed by atoms with Gasteiger partial charge in [0.1, 0.15) is 11.4 Å². The Balaban J connectivity index is 2.82. The summed E-state index contributed by atoms with van der Waals surface area (Å²) >= 11 is 0. The van der Waals surface area contributed by atoms with E-state index in [-0.39, 0.29) is 12.7 Å². The van der Waals surface area contributed by atoms with Gasteiger partial charge < -0.3 is 9.84 Å². The van der Waals surface area contributed by atoms with Crippen molar-refractivity contribution in [3.8, 4) is 5.75 Å². The van der Waals surface area contributed by atoms with E-state index in [0.717, 1.165) is 0 Å². The summed E-state index contributed by atoms with van der Waals surface area (Å²) < 4.78 is 5.41. The van der Waals surface area contributed by atoms with Crippen LogP contribution >= 0.6 is 0 Å². The molecule has 0 fully saturated rings. The van der Waals surface area contributed by atoms with Crippen LogP contribution in [0, 0.1) is 0 Å². The lowest BCUT2D eigenvalue weighted by Gasteiger charge is -2.11. The number of hydrogen-bond acceptors (Lipinski definition) is 3. The number of rotatable bonds is 3. The number of pyridine rings is 1. The molecule has 12 heavy (non-hydrogen) atoms. The first-order valence-corrected chi connectivity index (χ1v) is 3.95. The van der Waals surface area contributed by atoms with E-state index in [4.69, 9.17) is 9.84 Å². The number of aliphatic hydroxyl groups is 1. The highest BCUT2D eigenvalue weighted by Gasteiger charge is 2.03. The van der Waals surface area contributed by atoms with Gasteiger partial charge >= 0.3 is 0 Å².